The van der Waals surface area contributed by atoms with E-state index in [1.807, 2.05) is 0 Å². The second-order valence-electron chi connectivity index (χ2n) is 7.33. The maximum absolute atomic E-state index is 12.6. The largest absolute Gasteiger partial charge is 0.416 e. The molecule has 0 aliphatic carbocycles. The highest BCUT2D eigenvalue weighted by Crippen LogP contribution is 2.55. The Morgan fingerprint density at radius 2 is 1.87 bits per heavy atom. The molecule has 2 aliphatic heterocycles. The summed E-state index contributed by atoms with van der Waals surface area (Å²) >= 11 is 0. The van der Waals surface area contributed by atoms with E-state index in [1.165, 1.54) is 12.1 Å². The first-order valence-electron chi connectivity index (χ1n) is 8.13. The highest BCUT2D eigenvalue weighted by Gasteiger charge is 2.60. The number of halogens is 3. The van der Waals surface area contributed by atoms with E-state index < -0.39 is 11.7 Å². The second kappa shape index (κ2) is 5.49. The van der Waals surface area contributed by atoms with Gasteiger partial charge in [0.2, 0.25) is 0 Å². The number of fused-ring (bicyclic) bond motifs is 2. The molecule has 3 rings (SSSR count). The van der Waals surface area contributed by atoms with Gasteiger partial charge in [-0.05, 0) is 43.4 Å². The highest BCUT2D eigenvalue weighted by molar-refractivity contribution is 5.24. The molecule has 3 atom stereocenters. The maximum Gasteiger partial charge on any atom is 0.416 e. The number of hydrogen-bond donors (Lipinski definition) is 0. The lowest BCUT2D eigenvalue weighted by Gasteiger charge is -2.31. The first-order chi connectivity index (χ1) is 10.6. The molecule has 2 bridgehead atoms. The van der Waals surface area contributed by atoms with Gasteiger partial charge >= 0.3 is 6.18 Å². The van der Waals surface area contributed by atoms with Crippen molar-refractivity contribution in [2.75, 3.05) is 0 Å². The predicted molar refractivity (Wildman–Crippen MR) is 80.9 cm³/mol. The summed E-state index contributed by atoms with van der Waals surface area (Å²) in [5.74, 6) is 0.434. The lowest BCUT2D eigenvalue weighted by Crippen LogP contribution is -2.38. The van der Waals surface area contributed by atoms with Crippen molar-refractivity contribution in [1.29, 1.82) is 0 Å². The van der Waals surface area contributed by atoms with E-state index >= 15 is 0 Å². The number of hydrogen-bond acceptors (Lipinski definition) is 2. The Morgan fingerprint density at radius 1 is 1.22 bits per heavy atom. The van der Waals surface area contributed by atoms with Crippen LogP contribution in [0.2, 0.25) is 0 Å². The van der Waals surface area contributed by atoms with E-state index in [2.05, 4.69) is 20.8 Å². The lowest BCUT2D eigenvalue weighted by molar-refractivity contribution is -0.137. The summed E-state index contributed by atoms with van der Waals surface area (Å²) in [5, 5.41) is 0. The number of alkyl halides is 3. The van der Waals surface area contributed by atoms with E-state index in [9.17, 15) is 13.2 Å². The van der Waals surface area contributed by atoms with Gasteiger partial charge < -0.3 is 9.47 Å². The molecule has 0 N–H and O–H groups in total. The van der Waals surface area contributed by atoms with Crippen LogP contribution in [0.3, 0.4) is 0 Å². The van der Waals surface area contributed by atoms with Gasteiger partial charge in [-0.2, -0.15) is 13.2 Å². The van der Waals surface area contributed by atoms with Crippen molar-refractivity contribution in [3.05, 3.63) is 35.4 Å². The summed E-state index contributed by atoms with van der Waals surface area (Å²) in [7, 11) is 0. The minimum Gasteiger partial charge on any atom is -0.370 e. The van der Waals surface area contributed by atoms with Crippen molar-refractivity contribution in [1.82, 2.24) is 0 Å². The first-order valence-corrected chi connectivity index (χ1v) is 8.13. The molecule has 2 nitrogen and oxygen atoms in total. The van der Waals surface area contributed by atoms with Crippen molar-refractivity contribution < 1.29 is 22.6 Å². The van der Waals surface area contributed by atoms with Crippen molar-refractivity contribution in [2.45, 2.75) is 70.1 Å². The van der Waals surface area contributed by atoms with Crippen LogP contribution in [0.25, 0.3) is 0 Å². The lowest BCUT2D eigenvalue weighted by atomic mass is 9.75. The Hall–Kier alpha value is -1.07. The molecule has 1 aromatic carbocycles. The van der Waals surface area contributed by atoms with Gasteiger partial charge in [0.15, 0.2) is 0 Å². The molecule has 3 unspecified atom stereocenters. The maximum atomic E-state index is 12.6. The van der Waals surface area contributed by atoms with Crippen LogP contribution >= 0.6 is 0 Å². The summed E-state index contributed by atoms with van der Waals surface area (Å²) in [6.45, 7) is 6.74. The van der Waals surface area contributed by atoms with E-state index in [0.29, 0.717) is 12.5 Å². The summed E-state index contributed by atoms with van der Waals surface area (Å²) in [6, 6.07) is 5.18. The standard InChI is InChI=1S/C18H23F3O2/c1-12(2)17-9-8-16(3,23-17)15(10-17)22-11-13-4-6-14(7-5-13)18(19,20)21/h4-7,12,15H,8-11H2,1-3H3. The van der Waals surface area contributed by atoms with Gasteiger partial charge in [0.05, 0.1) is 29.5 Å². The fourth-order valence-corrected chi connectivity index (χ4v) is 3.79. The molecule has 1 aromatic rings. The van der Waals surface area contributed by atoms with Gasteiger partial charge in [-0.15, -0.1) is 0 Å². The van der Waals surface area contributed by atoms with Crippen molar-refractivity contribution in [3.8, 4) is 0 Å². The highest BCUT2D eigenvalue weighted by atomic mass is 19.4. The first kappa shape index (κ1) is 16.8. The van der Waals surface area contributed by atoms with E-state index in [4.69, 9.17) is 9.47 Å². The molecular weight excluding hydrogens is 305 g/mol. The third kappa shape index (κ3) is 3.01. The van der Waals surface area contributed by atoms with Gasteiger partial charge in [0, 0.05) is 6.42 Å². The molecule has 0 radical (unpaired) electrons. The molecule has 2 fully saturated rings. The number of benzene rings is 1. The topological polar surface area (TPSA) is 18.5 Å². The average molecular weight is 328 g/mol. The normalized spacial score (nSPS) is 33.6. The van der Waals surface area contributed by atoms with Crippen LogP contribution in [-0.2, 0) is 22.3 Å². The van der Waals surface area contributed by atoms with Crippen LogP contribution in [0.1, 0.15) is 51.2 Å². The fraction of sp³-hybridized carbons (Fsp3) is 0.667. The Morgan fingerprint density at radius 3 is 2.39 bits per heavy atom. The zero-order chi connectivity index (χ0) is 16.9. The third-order valence-corrected chi connectivity index (χ3v) is 5.48. The van der Waals surface area contributed by atoms with Gasteiger partial charge in [0.25, 0.3) is 0 Å². The SMILES string of the molecule is CC(C)C12CCC(C)(O1)C(OCc1ccc(C(F)(F)F)cc1)C2. The summed E-state index contributed by atoms with van der Waals surface area (Å²) < 4.78 is 50.0. The van der Waals surface area contributed by atoms with E-state index in [0.717, 1.165) is 37.0 Å². The van der Waals surface area contributed by atoms with Gasteiger partial charge in [0.1, 0.15) is 0 Å². The van der Waals surface area contributed by atoms with Crippen LogP contribution < -0.4 is 0 Å². The Labute approximate surface area is 135 Å². The number of rotatable bonds is 4. The Balaban J connectivity index is 1.63. The van der Waals surface area contributed by atoms with Gasteiger partial charge in [-0.1, -0.05) is 26.0 Å². The van der Waals surface area contributed by atoms with Crippen molar-refractivity contribution in [2.24, 2.45) is 5.92 Å². The molecular formula is C18H23F3O2. The zero-order valence-corrected chi connectivity index (χ0v) is 13.7. The van der Waals surface area contributed by atoms with Crippen LogP contribution in [0.5, 0.6) is 0 Å². The molecule has 2 heterocycles. The summed E-state index contributed by atoms with van der Waals surface area (Å²) in [6.07, 6.45) is -1.40. The van der Waals surface area contributed by atoms with Crippen molar-refractivity contribution >= 4 is 0 Å². The molecule has 5 heteroatoms. The van der Waals surface area contributed by atoms with Crippen LogP contribution in [0.15, 0.2) is 24.3 Å². The van der Waals surface area contributed by atoms with Crippen LogP contribution in [0.4, 0.5) is 13.2 Å². The van der Waals surface area contributed by atoms with Crippen LogP contribution in [0, 0.1) is 5.92 Å². The van der Waals surface area contributed by atoms with E-state index in [1.54, 1.807) is 0 Å². The monoisotopic (exact) mass is 328 g/mol. The smallest absolute Gasteiger partial charge is 0.370 e. The zero-order valence-electron chi connectivity index (χ0n) is 13.7. The van der Waals surface area contributed by atoms with Gasteiger partial charge in [-0.3, -0.25) is 0 Å². The Kier molecular flexibility index (Phi) is 4.00. The van der Waals surface area contributed by atoms with Crippen molar-refractivity contribution in [3.63, 3.8) is 0 Å². The molecule has 0 aromatic heterocycles. The van der Waals surface area contributed by atoms with Gasteiger partial charge in [-0.25, -0.2) is 0 Å². The average Bonchev–Trinajstić information content (AvgIpc) is 2.97. The molecule has 0 amide bonds. The minimum absolute atomic E-state index is 0.000873. The second-order valence-corrected chi connectivity index (χ2v) is 7.33. The Bertz CT molecular complexity index is 567. The summed E-state index contributed by atoms with van der Waals surface area (Å²) in [5.41, 5.74) is -0.242. The predicted octanol–water partition coefficient (Wildman–Crippen LogP) is 4.96. The minimum atomic E-state index is -4.30. The molecule has 0 spiro atoms. The molecule has 2 aliphatic rings. The molecule has 128 valence electrons. The van der Waals surface area contributed by atoms with Crippen LogP contribution in [-0.4, -0.2) is 17.3 Å². The molecule has 2 saturated heterocycles. The molecule has 23 heavy (non-hydrogen) atoms. The quantitative estimate of drug-likeness (QED) is 0.778. The third-order valence-electron chi connectivity index (χ3n) is 5.48. The number of ether oxygens (including phenoxy) is 2. The molecule has 0 saturated carbocycles. The fourth-order valence-electron chi connectivity index (χ4n) is 3.79. The summed E-state index contributed by atoms with van der Waals surface area (Å²) in [4.78, 5) is 0. The van der Waals surface area contributed by atoms with E-state index in [-0.39, 0.29) is 17.3 Å².